The highest BCUT2D eigenvalue weighted by Gasteiger charge is 2.20. The molecule has 0 aliphatic carbocycles. The van der Waals surface area contributed by atoms with E-state index in [1.807, 2.05) is 19.9 Å². The first-order chi connectivity index (χ1) is 16.1. The van der Waals surface area contributed by atoms with Gasteiger partial charge in [-0.05, 0) is 51.1 Å². The monoisotopic (exact) mass is 481 g/mol. The van der Waals surface area contributed by atoms with Crippen LogP contribution in [0.2, 0.25) is 5.02 Å². The normalized spacial score (nSPS) is 11.9. The molecule has 11 nitrogen and oxygen atoms in total. The Morgan fingerprint density at radius 1 is 1.15 bits per heavy atom. The topological polar surface area (TPSA) is 148 Å². The Bertz CT molecular complexity index is 1440. The van der Waals surface area contributed by atoms with E-state index in [9.17, 15) is 19.7 Å². The molecule has 4 aromatic rings. The predicted octanol–water partition coefficient (Wildman–Crippen LogP) is 4.39. The molecule has 0 aliphatic rings. The van der Waals surface area contributed by atoms with Crippen LogP contribution in [0.4, 0.5) is 17.1 Å². The number of aromatic amines is 1. The fourth-order valence-electron chi connectivity index (χ4n) is 3.56. The van der Waals surface area contributed by atoms with Crippen LogP contribution in [0.25, 0.3) is 10.9 Å². The highest BCUT2D eigenvalue weighted by atomic mass is 35.5. The van der Waals surface area contributed by atoms with Gasteiger partial charge in [0.25, 0.3) is 11.6 Å². The number of H-pyrrole nitrogens is 1. The number of benzene rings is 2. The zero-order valence-electron chi connectivity index (χ0n) is 18.4. The molecule has 0 aliphatic heterocycles. The van der Waals surface area contributed by atoms with Crippen molar-refractivity contribution in [2.45, 2.75) is 26.8 Å². The Balaban J connectivity index is 1.49. The molecule has 0 saturated heterocycles. The minimum atomic E-state index is -0.572. The highest BCUT2D eigenvalue weighted by Crippen LogP contribution is 2.28. The van der Waals surface area contributed by atoms with Crippen molar-refractivity contribution in [3.05, 3.63) is 74.7 Å². The van der Waals surface area contributed by atoms with Crippen molar-refractivity contribution in [2.24, 2.45) is 0 Å². The number of fused-ring (bicyclic) bond motifs is 1. The third-order valence-corrected chi connectivity index (χ3v) is 5.56. The number of nitrogens with zero attached hydrogens (tertiary/aromatic N) is 4. The van der Waals surface area contributed by atoms with Crippen LogP contribution in [0.3, 0.4) is 0 Å². The van der Waals surface area contributed by atoms with Gasteiger partial charge >= 0.3 is 0 Å². The largest absolute Gasteiger partial charge is 0.323 e. The number of rotatable bonds is 6. The number of halogens is 1. The summed E-state index contributed by atoms with van der Waals surface area (Å²) >= 11 is 6.33. The number of nitrogens with one attached hydrogen (secondary N) is 3. The fraction of sp³-hybridized carbons (Fsp3) is 0.182. The molecular formula is C22H20ClN7O4. The van der Waals surface area contributed by atoms with Gasteiger partial charge in [-0.25, -0.2) is 0 Å². The summed E-state index contributed by atoms with van der Waals surface area (Å²) in [5.41, 5.74) is 2.76. The van der Waals surface area contributed by atoms with Gasteiger partial charge in [0.05, 0.1) is 26.8 Å². The Morgan fingerprint density at radius 2 is 1.91 bits per heavy atom. The molecule has 0 fully saturated rings. The minimum Gasteiger partial charge on any atom is -0.323 e. The quantitative estimate of drug-likeness (QED) is 0.275. The first kappa shape index (κ1) is 22.9. The van der Waals surface area contributed by atoms with Crippen LogP contribution >= 0.6 is 11.6 Å². The molecule has 2 aromatic carbocycles. The molecule has 0 spiro atoms. The molecule has 12 heteroatoms. The Labute approximate surface area is 198 Å². The molecule has 0 saturated carbocycles. The van der Waals surface area contributed by atoms with E-state index < -0.39 is 16.9 Å². The van der Waals surface area contributed by atoms with Gasteiger partial charge in [0.2, 0.25) is 5.91 Å². The van der Waals surface area contributed by atoms with Crippen molar-refractivity contribution >= 4 is 51.4 Å². The number of aryl methyl sites for hydroxylation is 2. The molecular weight excluding hydrogens is 462 g/mol. The summed E-state index contributed by atoms with van der Waals surface area (Å²) in [6, 6.07) is 10.0. The van der Waals surface area contributed by atoms with Gasteiger partial charge in [-0.3, -0.25) is 29.5 Å². The summed E-state index contributed by atoms with van der Waals surface area (Å²) in [7, 11) is 0. The van der Waals surface area contributed by atoms with Crippen molar-refractivity contribution in [3.8, 4) is 0 Å². The van der Waals surface area contributed by atoms with Gasteiger partial charge in [0.1, 0.15) is 6.04 Å². The second-order valence-corrected chi connectivity index (χ2v) is 8.15. The predicted molar refractivity (Wildman–Crippen MR) is 127 cm³/mol. The minimum absolute atomic E-state index is 0.00547. The average molecular weight is 482 g/mol. The van der Waals surface area contributed by atoms with E-state index in [1.165, 1.54) is 24.3 Å². The maximum atomic E-state index is 12.7. The van der Waals surface area contributed by atoms with Gasteiger partial charge in [-0.15, -0.1) is 0 Å². The van der Waals surface area contributed by atoms with Crippen molar-refractivity contribution in [3.63, 3.8) is 0 Å². The Hall–Kier alpha value is -4.25. The number of amides is 2. The second kappa shape index (κ2) is 8.94. The maximum Gasteiger partial charge on any atom is 0.276 e. The zero-order chi connectivity index (χ0) is 24.6. The van der Waals surface area contributed by atoms with Gasteiger partial charge in [-0.2, -0.15) is 10.2 Å². The lowest BCUT2D eigenvalue weighted by Gasteiger charge is -2.15. The number of carbonyl (C=O) groups excluding carboxylic acids is 2. The van der Waals surface area contributed by atoms with Crippen molar-refractivity contribution in [1.29, 1.82) is 0 Å². The highest BCUT2D eigenvalue weighted by molar-refractivity contribution is 6.34. The Morgan fingerprint density at radius 3 is 2.56 bits per heavy atom. The third-order valence-electron chi connectivity index (χ3n) is 5.25. The lowest BCUT2D eigenvalue weighted by Crippen LogP contribution is -2.25. The van der Waals surface area contributed by atoms with Crippen LogP contribution in [0.1, 0.15) is 34.8 Å². The second-order valence-electron chi connectivity index (χ2n) is 7.74. The van der Waals surface area contributed by atoms with Crippen LogP contribution < -0.4 is 10.6 Å². The van der Waals surface area contributed by atoms with Crippen LogP contribution in [0.15, 0.2) is 42.5 Å². The standard InChI is InChI=1S/C22H20ClN7O4/c1-11-8-12(2)29(28-11)13(3)21(31)25-19-6-4-14(9-17(19)23)24-22(32)20-16-10-15(30(33)34)5-7-18(16)26-27-20/h4-10,13H,1-3H3,(H,24,32)(H,25,31)(H,26,27). The summed E-state index contributed by atoms with van der Waals surface area (Å²) in [5.74, 6) is -0.868. The Kier molecular flexibility index (Phi) is 6.03. The number of anilines is 2. The smallest absolute Gasteiger partial charge is 0.276 e. The number of hydrogen-bond donors (Lipinski definition) is 3. The van der Waals surface area contributed by atoms with E-state index in [4.69, 9.17) is 11.6 Å². The first-order valence-electron chi connectivity index (χ1n) is 10.2. The molecule has 2 heterocycles. The van der Waals surface area contributed by atoms with Gasteiger partial charge in [0, 0.05) is 28.9 Å². The molecule has 3 N–H and O–H groups in total. The van der Waals surface area contributed by atoms with Gasteiger partial charge in [0.15, 0.2) is 5.69 Å². The lowest BCUT2D eigenvalue weighted by molar-refractivity contribution is -0.384. The molecule has 174 valence electrons. The van der Waals surface area contributed by atoms with E-state index in [1.54, 1.807) is 23.7 Å². The summed E-state index contributed by atoms with van der Waals surface area (Å²) in [6.07, 6.45) is 0. The molecule has 1 atom stereocenters. The molecule has 0 bridgehead atoms. The van der Waals surface area contributed by atoms with E-state index in [0.717, 1.165) is 11.4 Å². The van der Waals surface area contributed by atoms with Gasteiger partial charge < -0.3 is 10.6 Å². The summed E-state index contributed by atoms with van der Waals surface area (Å²) in [5, 5.41) is 28.0. The maximum absolute atomic E-state index is 12.7. The summed E-state index contributed by atoms with van der Waals surface area (Å²) in [6.45, 7) is 5.45. The number of carbonyl (C=O) groups is 2. The SMILES string of the molecule is Cc1cc(C)n(C(C)C(=O)Nc2ccc(NC(=O)c3n[nH]c4ccc([N+](=O)[O-])cc34)cc2Cl)n1. The van der Waals surface area contributed by atoms with Crippen LogP contribution in [-0.2, 0) is 4.79 Å². The lowest BCUT2D eigenvalue weighted by atomic mass is 10.1. The fourth-order valence-corrected chi connectivity index (χ4v) is 3.79. The molecule has 34 heavy (non-hydrogen) atoms. The van der Waals surface area contributed by atoms with Crippen LogP contribution in [0, 0.1) is 24.0 Å². The number of hydrogen-bond acceptors (Lipinski definition) is 6. The van der Waals surface area contributed by atoms with E-state index >= 15 is 0 Å². The number of nitro benzene ring substituents is 1. The third kappa shape index (κ3) is 4.46. The van der Waals surface area contributed by atoms with Crippen LogP contribution in [-0.4, -0.2) is 36.7 Å². The van der Waals surface area contributed by atoms with Crippen molar-refractivity contribution in [1.82, 2.24) is 20.0 Å². The van der Waals surface area contributed by atoms with E-state index in [2.05, 4.69) is 25.9 Å². The van der Waals surface area contributed by atoms with E-state index in [-0.39, 0.29) is 22.3 Å². The molecule has 2 aromatic heterocycles. The van der Waals surface area contributed by atoms with E-state index in [0.29, 0.717) is 22.3 Å². The van der Waals surface area contributed by atoms with Crippen LogP contribution in [0.5, 0.6) is 0 Å². The average Bonchev–Trinajstić information content (AvgIpc) is 3.36. The molecule has 4 rings (SSSR count). The summed E-state index contributed by atoms with van der Waals surface area (Å²) in [4.78, 5) is 35.9. The number of nitro groups is 1. The zero-order valence-corrected chi connectivity index (χ0v) is 19.2. The van der Waals surface area contributed by atoms with Gasteiger partial charge in [-0.1, -0.05) is 11.6 Å². The first-order valence-corrected chi connectivity index (χ1v) is 10.6. The van der Waals surface area contributed by atoms with Crippen molar-refractivity contribution < 1.29 is 14.5 Å². The molecule has 0 radical (unpaired) electrons. The number of aromatic nitrogens is 4. The molecule has 1 unspecified atom stereocenters. The van der Waals surface area contributed by atoms with Crippen molar-refractivity contribution in [2.75, 3.05) is 10.6 Å². The molecule has 2 amide bonds. The number of non-ortho nitro benzene ring substituents is 1. The summed E-state index contributed by atoms with van der Waals surface area (Å²) < 4.78 is 1.63.